The molecule has 30 heavy (non-hydrogen) atoms. The summed E-state index contributed by atoms with van der Waals surface area (Å²) in [6, 6.07) is 4.83. The third kappa shape index (κ3) is 2.81. The molecule has 4 fully saturated rings. The van der Waals surface area contributed by atoms with E-state index in [1.807, 2.05) is 13.8 Å². The van der Waals surface area contributed by atoms with Crippen LogP contribution >= 0.6 is 0 Å². The second kappa shape index (κ2) is 6.74. The Labute approximate surface area is 178 Å². The van der Waals surface area contributed by atoms with Crippen molar-refractivity contribution in [2.24, 2.45) is 17.8 Å². The Morgan fingerprint density at radius 1 is 1.00 bits per heavy atom. The summed E-state index contributed by atoms with van der Waals surface area (Å²) >= 11 is 0. The minimum absolute atomic E-state index is 0.0759. The van der Waals surface area contributed by atoms with Gasteiger partial charge in [0.2, 0.25) is 0 Å². The van der Waals surface area contributed by atoms with Crippen LogP contribution in [0.5, 0.6) is 11.5 Å². The average Bonchev–Trinajstić information content (AvgIpc) is 3.02. The molecule has 0 amide bonds. The van der Waals surface area contributed by atoms with Gasteiger partial charge in [-0.15, -0.1) is 0 Å². The molecule has 1 aromatic carbocycles. The first-order valence-electron chi connectivity index (χ1n) is 10.8. The number of nitrogens with zero attached hydrogens (tertiary/aromatic N) is 2. The molecule has 4 bridgehead atoms. The van der Waals surface area contributed by atoms with Crippen molar-refractivity contribution in [1.82, 2.24) is 9.19 Å². The Bertz CT molecular complexity index is 1070. The molecule has 0 aliphatic heterocycles. The zero-order chi connectivity index (χ0) is 21.3. The molecule has 0 N–H and O–H groups in total. The van der Waals surface area contributed by atoms with Gasteiger partial charge >= 0.3 is 0 Å². The van der Waals surface area contributed by atoms with Crippen molar-refractivity contribution in [3.8, 4) is 11.5 Å². The van der Waals surface area contributed by atoms with Crippen LogP contribution in [0.4, 0.5) is 0 Å². The van der Waals surface area contributed by atoms with E-state index in [0.29, 0.717) is 11.5 Å². The Balaban J connectivity index is 1.63. The predicted octanol–water partition coefficient (Wildman–Crippen LogP) is 4.22. The van der Waals surface area contributed by atoms with Crippen LogP contribution in [0.15, 0.2) is 23.1 Å². The summed E-state index contributed by atoms with van der Waals surface area (Å²) in [5.74, 6) is 3.12. The largest absolute Gasteiger partial charge is 0.497 e. The first kappa shape index (κ1) is 19.9. The van der Waals surface area contributed by atoms with Crippen LogP contribution in [-0.4, -0.2) is 31.8 Å². The highest BCUT2D eigenvalue weighted by Gasteiger charge is 2.53. The fourth-order valence-electron chi connectivity index (χ4n) is 7.12. The van der Waals surface area contributed by atoms with Gasteiger partial charge < -0.3 is 9.47 Å². The highest BCUT2D eigenvalue weighted by molar-refractivity contribution is 7.90. The number of aryl methyl sites for hydroxylation is 1. The van der Waals surface area contributed by atoms with Crippen molar-refractivity contribution >= 4 is 10.0 Å². The number of hydrogen-bond acceptors (Lipinski definition) is 5. The van der Waals surface area contributed by atoms with Crippen molar-refractivity contribution in [3.05, 3.63) is 35.2 Å². The van der Waals surface area contributed by atoms with Gasteiger partial charge in [0.15, 0.2) is 0 Å². The van der Waals surface area contributed by atoms with Crippen LogP contribution in [-0.2, 0) is 15.4 Å². The SMILES string of the molecule is COc1ccc(OC)c(S(=O)(=O)n2nc(C)c(C34CC5CC(CC(C5)C3)C4)c2C)c1. The van der Waals surface area contributed by atoms with Crippen molar-refractivity contribution in [3.63, 3.8) is 0 Å². The topological polar surface area (TPSA) is 70.4 Å². The smallest absolute Gasteiger partial charge is 0.287 e. The molecule has 4 aliphatic carbocycles. The molecule has 4 aliphatic rings. The number of ether oxygens (including phenoxy) is 2. The minimum atomic E-state index is -3.92. The average molecular weight is 431 g/mol. The molecule has 2 aromatic rings. The van der Waals surface area contributed by atoms with Crippen molar-refractivity contribution in [2.75, 3.05) is 14.2 Å². The number of aromatic nitrogens is 2. The maximum Gasteiger partial charge on any atom is 0.287 e. The molecule has 1 heterocycles. The first-order valence-corrected chi connectivity index (χ1v) is 12.3. The molecule has 1 aromatic heterocycles. The predicted molar refractivity (Wildman–Crippen MR) is 114 cm³/mol. The minimum Gasteiger partial charge on any atom is -0.497 e. The number of methoxy groups -OCH3 is 2. The summed E-state index contributed by atoms with van der Waals surface area (Å²) in [6.45, 7) is 3.88. The number of benzene rings is 1. The quantitative estimate of drug-likeness (QED) is 0.710. The molecule has 162 valence electrons. The van der Waals surface area contributed by atoms with Gasteiger partial charge in [-0.3, -0.25) is 0 Å². The van der Waals surface area contributed by atoms with E-state index in [9.17, 15) is 8.42 Å². The maximum absolute atomic E-state index is 13.7. The standard InChI is InChI=1S/C23H30N2O4S/c1-14-22(23-11-16-7-17(12-23)9-18(8-16)13-23)15(2)25(24-14)30(26,27)21-10-19(28-3)5-6-20(21)29-4/h5-6,10,16-18H,7-9,11-13H2,1-4H3. The second-order valence-corrected chi connectivity index (χ2v) is 11.3. The Hall–Kier alpha value is -2.02. The monoisotopic (exact) mass is 430 g/mol. The summed E-state index contributed by atoms with van der Waals surface area (Å²) in [6.07, 6.45) is 7.58. The molecular formula is C23H30N2O4S. The lowest BCUT2D eigenvalue weighted by Gasteiger charge is -2.57. The first-order chi connectivity index (χ1) is 14.3. The lowest BCUT2D eigenvalue weighted by Crippen LogP contribution is -2.49. The summed E-state index contributed by atoms with van der Waals surface area (Å²) in [5, 5.41) is 4.58. The highest BCUT2D eigenvalue weighted by atomic mass is 32.2. The van der Waals surface area contributed by atoms with Gasteiger partial charge in [-0.1, -0.05) is 0 Å². The Morgan fingerprint density at radius 2 is 1.60 bits per heavy atom. The zero-order valence-corrected chi connectivity index (χ0v) is 19.0. The zero-order valence-electron chi connectivity index (χ0n) is 18.1. The van der Waals surface area contributed by atoms with Gasteiger partial charge in [0.25, 0.3) is 10.0 Å². The van der Waals surface area contributed by atoms with Gasteiger partial charge in [0.05, 0.1) is 25.6 Å². The molecule has 0 saturated heterocycles. The van der Waals surface area contributed by atoms with E-state index >= 15 is 0 Å². The van der Waals surface area contributed by atoms with E-state index in [2.05, 4.69) is 5.10 Å². The molecule has 0 spiro atoms. The fraction of sp³-hybridized carbons (Fsp3) is 0.609. The fourth-order valence-corrected chi connectivity index (χ4v) is 8.65. The van der Waals surface area contributed by atoms with Crippen LogP contribution in [0.1, 0.15) is 55.5 Å². The Kier molecular flexibility index (Phi) is 4.47. The maximum atomic E-state index is 13.7. The highest BCUT2D eigenvalue weighted by Crippen LogP contribution is 2.61. The van der Waals surface area contributed by atoms with Gasteiger partial charge in [0.1, 0.15) is 16.4 Å². The van der Waals surface area contributed by atoms with Crippen LogP contribution < -0.4 is 9.47 Å². The molecular weight excluding hydrogens is 400 g/mol. The lowest BCUT2D eigenvalue weighted by atomic mass is 9.48. The van der Waals surface area contributed by atoms with E-state index in [-0.39, 0.29) is 10.3 Å². The van der Waals surface area contributed by atoms with Crippen molar-refractivity contribution < 1.29 is 17.9 Å². The van der Waals surface area contributed by atoms with E-state index in [0.717, 1.165) is 29.1 Å². The molecule has 4 saturated carbocycles. The third-order valence-electron chi connectivity index (χ3n) is 7.70. The molecule has 0 unspecified atom stereocenters. The van der Waals surface area contributed by atoms with Crippen molar-refractivity contribution in [1.29, 1.82) is 0 Å². The van der Waals surface area contributed by atoms with Gasteiger partial charge in [-0.05, 0) is 87.7 Å². The van der Waals surface area contributed by atoms with Gasteiger partial charge in [-0.25, -0.2) is 0 Å². The summed E-state index contributed by atoms with van der Waals surface area (Å²) in [4.78, 5) is 0.0759. The van der Waals surface area contributed by atoms with E-state index in [1.165, 1.54) is 68.5 Å². The molecule has 6 rings (SSSR count). The van der Waals surface area contributed by atoms with E-state index in [1.54, 1.807) is 12.1 Å². The number of rotatable bonds is 5. The normalized spacial score (nSPS) is 29.9. The summed E-state index contributed by atoms with van der Waals surface area (Å²) in [5.41, 5.74) is 2.86. The van der Waals surface area contributed by atoms with Crippen LogP contribution in [0.25, 0.3) is 0 Å². The molecule has 7 heteroatoms. The van der Waals surface area contributed by atoms with Crippen molar-refractivity contribution in [2.45, 2.75) is 62.7 Å². The van der Waals surface area contributed by atoms with E-state index in [4.69, 9.17) is 9.47 Å². The second-order valence-electron chi connectivity index (χ2n) is 9.61. The third-order valence-corrected chi connectivity index (χ3v) is 9.38. The number of hydrogen-bond donors (Lipinski definition) is 0. The van der Waals surface area contributed by atoms with Gasteiger partial charge in [-0.2, -0.15) is 17.6 Å². The van der Waals surface area contributed by atoms with Crippen LogP contribution in [0.2, 0.25) is 0 Å². The van der Waals surface area contributed by atoms with Crippen LogP contribution in [0, 0.1) is 31.6 Å². The molecule has 0 radical (unpaired) electrons. The molecule has 6 nitrogen and oxygen atoms in total. The summed E-state index contributed by atoms with van der Waals surface area (Å²) in [7, 11) is -0.922. The Morgan fingerprint density at radius 3 is 2.13 bits per heavy atom. The molecule has 0 atom stereocenters. The van der Waals surface area contributed by atoms with Gasteiger partial charge in [0, 0.05) is 11.6 Å². The van der Waals surface area contributed by atoms with E-state index < -0.39 is 10.0 Å². The lowest BCUT2D eigenvalue weighted by molar-refractivity contribution is -0.00574. The van der Waals surface area contributed by atoms with Crippen LogP contribution in [0.3, 0.4) is 0 Å². The summed E-state index contributed by atoms with van der Waals surface area (Å²) < 4.78 is 39.2.